The summed E-state index contributed by atoms with van der Waals surface area (Å²) < 4.78 is 33.9. The quantitative estimate of drug-likeness (QED) is 0.832. The van der Waals surface area contributed by atoms with Crippen molar-refractivity contribution in [3.05, 3.63) is 23.7 Å². The highest BCUT2D eigenvalue weighted by Crippen LogP contribution is 2.30. The number of piperidine rings is 1. The molecule has 2 aromatic heterocycles. The molecule has 3 rings (SSSR count). The molecule has 0 amide bonds. The molecule has 0 unspecified atom stereocenters. The Morgan fingerprint density at radius 2 is 1.92 bits per heavy atom. The molecule has 2 aromatic rings. The fourth-order valence-electron chi connectivity index (χ4n) is 2.77. The molecule has 3 heterocycles. The Balaban J connectivity index is 1.70. The fourth-order valence-corrected chi connectivity index (χ4v) is 4.27. The van der Waals surface area contributed by atoms with E-state index in [0.717, 1.165) is 0 Å². The van der Waals surface area contributed by atoms with Crippen molar-refractivity contribution in [3.8, 4) is 0 Å². The smallest absolute Gasteiger partial charge is 0.262 e. The maximum Gasteiger partial charge on any atom is 0.262 e. The number of hydrogen-bond acceptors (Lipinski definition) is 6. The van der Waals surface area contributed by atoms with Gasteiger partial charge in [0.1, 0.15) is 5.82 Å². The minimum Gasteiger partial charge on any atom is -0.339 e. The van der Waals surface area contributed by atoms with Gasteiger partial charge in [0.15, 0.2) is 10.9 Å². The van der Waals surface area contributed by atoms with E-state index in [-0.39, 0.29) is 16.9 Å². The molecule has 1 saturated heterocycles. The number of hydrogen-bond donors (Lipinski definition) is 0. The van der Waals surface area contributed by atoms with Gasteiger partial charge in [0, 0.05) is 38.2 Å². The van der Waals surface area contributed by atoms with Crippen LogP contribution in [0.5, 0.6) is 0 Å². The highest BCUT2D eigenvalue weighted by Gasteiger charge is 2.33. The second-order valence-electron chi connectivity index (χ2n) is 6.56. The number of sulfonamides is 1. The first-order valence-corrected chi connectivity index (χ1v) is 9.56. The Labute approximate surface area is 141 Å². The maximum atomic E-state index is 12.7. The van der Waals surface area contributed by atoms with Crippen LogP contribution in [0.25, 0.3) is 0 Å². The van der Waals surface area contributed by atoms with E-state index in [9.17, 15) is 8.42 Å². The number of nitrogens with zero attached hydrogens (tertiary/aromatic N) is 5. The third kappa shape index (κ3) is 3.10. The number of rotatable bonds is 4. The zero-order valence-corrected chi connectivity index (χ0v) is 15.2. The van der Waals surface area contributed by atoms with Gasteiger partial charge in [-0.15, -0.1) is 0 Å². The van der Waals surface area contributed by atoms with E-state index < -0.39 is 10.0 Å². The van der Waals surface area contributed by atoms with Crippen LogP contribution in [-0.2, 0) is 17.1 Å². The molecule has 0 N–H and O–H groups in total. The van der Waals surface area contributed by atoms with Crippen molar-refractivity contribution in [1.29, 1.82) is 0 Å². The zero-order chi connectivity index (χ0) is 17.5. The largest absolute Gasteiger partial charge is 0.339 e. The number of aryl methyl sites for hydroxylation is 2. The van der Waals surface area contributed by atoms with E-state index in [1.54, 1.807) is 24.7 Å². The second kappa shape index (κ2) is 6.29. The molecule has 0 atom stereocenters. The van der Waals surface area contributed by atoms with E-state index in [2.05, 4.69) is 15.1 Å². The van der Waals surface area contributed by atoms with Crippen LogP contribution in [0.15, 0.2) is 15.7 Å². The van der Waals surface area contributed by atoms with Crippen LogP contribution < -0.4 is 0 Å². The predicted molar refractivity (Wildman–Crippen MR) is 87.1 cm³/mol. The van der Waals surface area contributed by atoms with Crippen LogP contribution in [0, 0.1) is 6.92 Å². The number of imidazole rings is 1. The third-order valence-corrected chi connectivity index (χ3v) is 6.24. The minimum absolute atomic E-state index is 0.112. The first kappa shape index (κ1) is 17.1. The highest BCUT2D eigenvalue weighted by atomic mass is 32.2. The fraction of sp³-hybridized carbons (Fsp3) is 0.667. The van der Waals surface area contributed by atoms with Gasteiger partial charge in [-0.3, -0.25) is 0 Å². The molecule has 24 heavy (non-hydrogen) atoms. The van der Waals surface area contributed by atoms with Gasteiger partial charge in [-0.05, 0) is 19.8 Å². The average molecular weight is 353 g/mol. The van der Waals surface area contributed by atoms with Crippen LogP contribution in [0.1, 0.15) is 56.1 Å². The van der Waals surface area contributed by atoms with Crippen LogP contribution in [-0.4, -0.2) is 45.5 Å². The lowest BCUT2D eigenvalue weighted by molar-refractivity contribution is 0.269. The molecular weight excluding hydrogens is 330 g/mol. The lowest BCUT2D eigenvalue weighted by atomic mass is 9.98. The Morgan fingerprint density at radius 1 is 1.25 bits per heavy atom. The van der Waals surface area contributed by atoms with Crippen molar-refractivity contribution in [3.63, 3.8) is 0 Å². The SMILES string of the molecule is Cc1nc(S(=O)(=O)N2CCC(c3nc(C(C)C)no3)CC2)cn1C. The van der Waals surface area contributed by atoms with Gasteiger partial charge in [-0.1, -0.05) is 19.0 Å². The van der Waals surface area contributed by atoms with E-state index >= 15 is 0 Å². The van der Waals surface area contributed by atoms with E-state index in [1.807, 2.05) is 13.8 Å². The van der Waals surface area contributed by atoms with Crippen molar-refractivity contribution >= 4 is 10.0 Å². The molecular formula is C15H23N5O3S. The van der Waals surface area contributed by atoms with E-state index in [4.69, 9.17) is 4.52 Å². The summed E-state index contributed by atoms with van der Waals surface area (Å²) in [5, 5.41) is 4.10. The molecule has 0 aromatic carbocycles. The Hall–Kier alpha value is -1.74. The van der Waals surface area contributed by atoms with Crippen LogP contribution in [0.4, 0.5) is 0 Å². The van der Waals surface area contributed by atoms with Gasteiger partial charge in [0.2, 0.25) is 5.89 Å². The molecule has 1 fully saturated rings. The lowest BCUT2D eigenvalue weighted by Crippen LogP contribution is -2.38. The molecule has 0 bridgehead atoms. The topological polar surface area (TPSA) is 94.1 Å². The summed E-state index contributed by atoms with van der Waals surface area (Å²) in [6.45, 7) is 6.68. The first-order chi connectivity index (χ1) is 11.3. The van der Waals surface area contributed by atoms with Gasteiger partial charge in [0.05, 0.1) is 0 Å². The van der Waals surface area contributed by atoms with Crippen LogP contribution in [0.2, 0.25) is 0 Å². The summed E-state index contributed by atoms with van der Waals surface area (Å²) in [5.41, 5.74) is 0. The lowest BCUT2D eigenvalue weighted by Gasteiger charge is -2.28. The normalized spacial score (nSPS) is 17.7. The molecule has 1 aliphatic rings. The Bertz CT molecular complexity index is 797. The molecule has 0 aliphatic carbocycles. The standard InChI is InChI=1S/C15H23N5O3S/c1-10(2)14-17-15(23-18-14)12-5-7-20(8-6-12)24(21,22)13-9-19(4)11(3)16-13/h9-10,12H,5-8H2,1-4H3. The van der Waals surface area contributed by atoms with Crippen LogP contribution >= 0.6 is 0 Å². The molecule has 0 radical (unpaired) electrons. The van der Waals surface area contributed by atoms with Crippen molar-refractivity contribution in [2.24, 2.45) is 7.05 Å². The monoisotopic (exact) mass is 353 g/mol. The van der Waals surface area contributed by atoms with E-state index in [1.165, 1.54) is 4.31 Å². The Kier molecular flexibility index (Phi) is 4.48. The molecule has 132 valence electrons. The summed E-state index contributed by atoms with van der Waals surface area (Å²) in [6.07, 6.45) is 2.90. The second-order valence-corrected chi connectivity index (χ2v) is 8.45. The van der Waals surface area contributed by atoms with Gasteiger partial charge in [-0.2, -0.15) is 9.29 Å². The summed E-state index contributed by atoms with van der Waals surface area (Å²) in [5.74, 6) is 2.32. The molecule has 0 spiro atoms. The zero-order valence-electron chi connectivity index (χ0n) is 14.4. The minimum atomic E-state index is -3.54. The molecule has 9 heteroatoms. The summed E-state index contributed by atoms with van der Waals surface area (Å²) >= 11 is 0. The van der Waals surface area contributed by atoms with Gasteiger partial charge < -0.3 is 9.09 Å². The van der Waals surface area contributed by atoms with Crippen LogP contribution in [0.3, 0.4) is 0 Å². The van der Waals surface area contributed by atoms with Crippen molar-refractivity contribution < 1.29 is 12.9 Å². The van der Waals surface area contributed by atoms with Crippen molar-refractivity contribution in [2.75, 3.05) is 13.1 Å². The Morgan fingerprint density at radius 3 is 2.42 bits per heavy atom. The average Bonchev–Trinajstić information content (AvgIpc) is 3.16. The third-order valence-electron chi connectivity index (χ3n) is 4.47. The first-order valence-electron chi connectivity index (χ1n) is 8.12. The van der Waals surface area contributed by atoms with Gasteiger partial charge >= 0.3 is 0 Å². The number of aromatic nitrogens is 4. The summed E-state index contributed by atoms with van der Waals surface area (Å²) in [6, 6.07) is 0. The van der Waals surface area contributed by atoms with Gasteiger partial charge in [-0.25, -0.2) is 13.4 Å². The molecule has 8 nitrogen and oxygen atoms in total. The van der Waals surface area contributed by atoms with Gasteiger partial charge in [0.25, 0.3) is 10.0 Å². The van der Waals surface area contributed by atoms with Crippen molar-refractivity contribution in [2.45, 2.75) is 50.5 Å². The highest BCUT2D eigenvalue weighted by molar-refractivity contribution is 7.89. The van der Waals surface area contributed by atoms with E-state index in [0.29, 0.717) is 43.5 Å². The molecule has 0 saturated carbocycles. The van der Waals surface area contributed by atoms with Crippen molar-refractivity contribution in [1.82, 2.24) is 24.0 Å². The molecule has 1 aliphatic heterocycles. The summed E-state index contributed by atoms with van der Waals surface area (Å²) in [4.78, 5) is 8.58. The summed E-state index contributed by atoms with van der Waals surface area (Å²) in [7, 11) is -1.76. The maximum absolute atomic E-state index is 12.7. The predicted octanol–water partition coefficient (Wildman–Crippen LogP) is 1.80.